The van der Waals surface area contributed by atoms with Gasteiger partial charge in [-0.1, -0.05) is 15.9 Å². The highest BCUT2D eigenvalue weighted by Crippen LogP contribution is 2.21. The second kappa shape index (κ2) is 5.74. The number of carbonyl (C=O) groups is 1. The highest BCUT2D eigenvalue weighted by Gasteiger charge is 2.03. The maximum Gasteiger partial charge on any atom is 0.213 e. The number of carbonyl (C=O) groups excluding carboxylic acids is 1. The van der Waals surface area contributed by atoms with Crippen molar-refractivity contribution in [2.45, 2.75) is 0 Å². The minimum Gasteiger partial charge on any atom is -0.332 e. The number of benzene rings is 1. The number of nitrogens with zero attached hydrogens (tertiary/aromatic N) is 2. The molecule has 18 heavy (non-hydrogen) atoms. The van der Waals surface area contributed by atoms with E-state index in [1.807, 2.05) is 30.5 Å². The van der Waals surface area contributed by atoms with Crippen molar-refractivity contribution in [1.82, 2.24) is 15.1 Å². The van der Waals surface area contributed by atoms with Gasteiger partial charge in [-0.15, -0.1) is 0 Å². The Kier molecular flexibility index (Phi) is 4.06. The zero-order valence-corrected chi connectivity index (χ0v) is 11.5. The number of halogens is 1. The number of nitrogens with one attached hydrogen (secondary N) is 2. The van der Waals surface area contributed by atoms with Crippen LogP contribution in [0.4, 0.5) is 5.69 Å². The van der Waals surface area contributed by atoms with E-state index in [9.17, 15) is 4.79 Å². The highest BCUT2D eigenvalue weighted by molar-refractivity contribution is 9.10. The van der Waals surface area contributed by atoms with Crippen molar-refractivity contribution in [3.8, 4) is 5.69 Å². The molecule has 2 aromatic rings. The first-order valence-corrected chi connectivity index (χ1v) is 6.21. The molecule has 0 bridgehead atoms. The second-order valence-electron chi connectivity index (χ2n) is 3.37. The number of anilines is 1. The number of hydrogen-bond acceptors (Lipinski definition) is 3. The summed E-state index contributed by atoms with van der Waals surface area (Å²) >= 11 is 8.34. The van der Waals surface area contributed by atoms with Gasteiger partial charge in [0.1, 0.15) is 0 Å². The third-order valence-corrected chi connectivity index (χ3v) is 2.78. The number of thiocarbonyl (C=S) groups is 1. The molecule has 0 aliphatic rings. The number of aromatic nitrogens is 2. The van der Waals surface area contributed by atoms with Gasteiger partial charge in [0.2, 0.25) is 6.41 Å². The van der Waals surface area contributed by atoms with Crippen LogP contribution in [0.15, 0.2) is 41.1 Å². The first-order valence-electron chi connectivity index (χ1n) is 5.01. The average molecular weight is 325 g/mol. The first kappa shape index (κ1) is 12.7. The minimum atomic E-state index is 0.245. The van der Waals surface area contributed by atoms with E-state index >= 15 is 0 Å². The van der Waals surface area contributed by atoms with Crippen LogP contribution in [0.25, 0.3) is 5.69 Å². The van der Waals surface area contributed by atoms with Crippen molar-refractivity contribution in [3.63, 3.8) is 0 Å². The Hall–Kier alpha value is -1.73. The topological polar surface area (TPSA) is 59.0 Å². The largest absolute Gasteiger partial charge is 0.332 e. The van der Waals surface area contributed by atoms with Gasteiger partial charge in [-0.05, 0) is 36.5 Å². The number of hydrogen-bond donors (Lipinski definition) is 2. The van der Waals surface area contributed by atoms with Gasteiger partial charge in [0.15, 0.2) is 5.11 Å². The SMILES string of the molecule is O=CNC(=S)Nc1cc(Br)cc(-n2cccn2)c1. The second-order valence-corrected chi connectivity index (χ2v) is 4.69. The van der Waals surface area contributed by atoms with Gasteiger partial charge in [0.05, 0.1) is 5.69 Å². The lowest BCUT2D eigenvalue weighted by Crippen LogP contribution is -2.26. The smallest absolute Gasteiger partial charge is 0.213 e. The Morgan fingerprint density at radius 2 is 2.28 bits per heavy atom. The van der Waals surface area contributed by atoms with Gasteiger partial charge in [0.25, 0.3) is 0 Å². The predicted molar refractivity (Wildman–Crippen MR) is 76.7 cm³/mol. The van der Waals surface area contributed by atoms with E-state index in [-0.39, 0.29) is 5.11 Å². The number of rotatable bonds is 3. The van der Waals surface area contributed by atoms with E-state index in [0.29, 0.717) is 6.41 Å². The average Bonchev–Trinajstić information content (AvgIpc) is 2.81. The fraction of sp³-hybridized carbons (Fsp3) is 0. The lowest BCUT2D eigenvalue weighted by molar-refractivity contribution is -0.108. The van der Waals surface area contributed by atoms with Crippen LogP contribution in [-0.2, 0) is 4.79 Å². The molecule has 0 spiro atoms. The lowest BCUT2D eigenvalue weighted by Gasteiger charge is -2.09. The molecule has 1 aromatic carbocycles. The van der Waals surface area contributed by atoms with Crippen molar-refractivity contribution in [2.75, 3.05) is 5.32 Å². The summed E-state index contributed by atoms with van der Waals surface area (Å²) in [6.07, 6.45) is 4.07. The summed E-state index contributed by atoms with van der Waals surface area (Å²) in [5, 5.41) is 9.67. The zero-order chi connectivity index (χ0) is 13.0. The van der Waals surface area contributed by atoms with Crippen LogP contribution < -0.4 is 10.6 Å². The molecular weight excluding hydrogens is 316 g/mol. The molecule has 0 unspecified atom stereocenters. The predicted octanol–water partition coefficient (Wildman–Crippen LogP) is 2.08. The molecule has 1 amide bonds. The molecule has 7 heteroatoms. The molecule has 0 atom stereocenters. The summed E-state index contributed by atoms with van der Waals surface area (Å²) in [5.41, 5.74) is 1.64. The minimum absolute atomic E-state index is 0.245. The molecule has 0 saturated heterocycles. The monoisotopic (exact) mass is 324 g/mol. The molecule has 0 aliphatic carbocycles. The third kappa shape index (κ3) is 3.14. The molecule has 1 aromatic heterocycles. The molecule has 0 fully saturated rings. The van der Waals surface area contributed by atoms with Gasteiger partial charge in [-0.3, -0.25) is 4.79 Å². The molecule has 92 valence electrons. The van der Waals surface area contributed by atoms with Crippen LogP contribution >= 0.6 is 28.1 Å². The van der Waals surface area contributed by atoms with Crippen molar-refractivity contribution < 1.29 is 4.79 Å². The summed E-state index contributed by atoms with van der Waals surface area (Å²) in [5.74, 6) is 0. The number of amides is 1. The third-order valence-electron chi connectivity index (χ3n) is 2.10. The lowest BCUT2D eigenvalue weighted by atomic mass is 10.3. The molecule has 2 N–H and O–H groups in total. The van der Waals surface area contributed by atoms with Gasteiger partial charge < -0.3 is 10.6 Å². The van der Waals surface area contributed by atoms with Crippen molar-refractivity contribution in [2.24, 2.45) is 0 Å². The van der Waals surface area contributed by atoms with Crippen LogP contribution in [0.3, 0.4) is 0 Å². The van der Waals surface area contributed by atoms with E-state index in [4.69, 9.17) is 12.2 Å². The standard InChI is InChI=1S/C11H9BrN4OS/c12-8-4-9(15-11(18)13-7-17)6-10(5-8)16-3-1-2-14-16/h1-7H,(H2,13,15,17,18). The summed E-state index contributed by atoms with van der Waals surface area (Å²) in [4.78, 5) is 10.3. The normalized spacial score (nSPS) is 9.83. The van der Waals surface area contributed by atoms with Crippen LogP contribution in [0.5, 0.6) is 0 Å². The molecule has 5 nitrogen and oxygen atoms in total. The summed E-state index contributed by atoms with van der Waals surface area (Å²) in [6, 6.07) is 7.49. The zero-order valence-electron chi connectivity index (χ0n) is 9.13. The summed E-state index contributed by atoms with van der Waals surface area (Å²) in [7, 11) is 0. The fourth-order valence-corrected chi connectivity index (χ4v) is 2.07. The molecule has 2 rings (SSSR count). The maximum atomic E-state index is 10.3. The van der Waals surface area contributed by atoms with Crippen LogP contribution in [0.2, 0.25) is 0 Å². The Morgan fingerprint density at radius 3 is 2.94 bits per heavy atom. The quantitative estimate of drug-likeness (QED) is 0.670. The summed E-state index contributed by atoms with van der Waals surface area (Å²) in [6.45, 7) is 0. The Balaban J connectivity index is 2.27. The van der Waals surface area contributed by atoms with Gasteiger partial charge in [-0.25, -0.2) is 4.68 Å². The first-order chi connectivity index (χ1) is 8.69. The summed E-state index contributed by atoms with van der Waals surface area (Å²) < 4.78 is 2.61. The Bertz CT molecular complexity index is 570. The van der Waals surface area contributed by atoms with Gasteiger partial charge in [0, 0.05) is 22.6 Å². The molecule has 1 heterocycles. The van der Waals surface area contributed by atoms with E-state index in [0.717, 1.165) is 15.8 Å². The molecule has 0 saturated carbocycles. The van der Waals surface area contributed by atoms with Gasteiger partial charge >= 0.3 is 0 Å². The van der Waals surface area contributed by atoms with Crippen molar-refractivity contribution >= 4 is 45.4 Å². The van der Waals surface area contributed by atoms with Crippen LogP contribution in [-0.4, -0.2) is 21.3 Å². The van der Waals surface area contributed by atoms with Crippen molar-refractivity contribution in [1.29, 1.82) is 0 Å². The molecular formula is C11H9BrN4OS. The van der Waals surface area contributed by atoms with Crippen molar-refractivity contribution in [3.05, 3.63) is 41.1 Å². The van der Waals surface area contributed by atoms with E-state index in [2.05, 4.69) is 31.7 Å². The maximum absolute atomic E-state index is 10.3. The van der Waals surface area contributed by atoms with E-state index < -0.39 is 0 Å². The van der Waals surface area contributed by atoms with E-state index in [1.165, 1.54) is 0 Å². The molecule has 0 aliphatic heterocycles. The highest BCUT2D eigenvalue weighted by atomic mass is 79.9. The van der Waals surface area contributed by atoms with Crippen LogP contribution in [0.1, 0.15) is 0 Å². The fourth-order valence-electron chi connectivity index (χ4n) is 1.42. The Morgan fingerprint density at radius 1 is 1.44 bits per heavy atom. The molecule has 0 radical (unpaired) electrons. The van der Waals surface area contributed by atoms with Gasteiger partial charge in [-0.2, -0.15) is 5.10 Å². The van der Waals surface area contributed by atoms with Crippen LogP contribution in [0, 0.1) is 0 Å². The Labute approximate surface area is 117 Å². The van der Waals surface area contributed by atoms with E-state index in [1.54, 1.807) is 10.9 Å².